The number of rotatable bonds is 4. The first-order valence-electron chi connectivity index (χ1n) is 10.6. The quantitative estimate of drug-likeness (QED) is 0.418. The fourth-order valence-corrected chi connectivity index (χ4v) is 3.94. The number of nitrogens with zero attached hydrogens (tertiary/aromatic N) is 5. The maximum absolute atomic E-state index is 13.8. The molecule has 1 saturated heterocycles. The van der Waals surface area contributed by atoms with Crippen molar-refractivity contribution in [3.63, 3.8) is 0 Å². The van der Waals surface area contributed by atoms with Crippen molar-refractivity contribution in [3.8, 4) is 11.3 Å². The van der Waals surface area contributed by atoms with Gasteiger partial charge in [0.25, 0.3) is 5.91 Å². The molecule has 0 radical (unpaired) electrons. The van der Waals surface area contributed by atoms with Crippen LogP contribution < -0.4 is 0 Å². The van der Waals surface area contributed by atoms with E-state index in [1.54, 1.807) is 11.2 Å². The lowest BCUT2D eigenvalue weighted by Gasteiger charge is -2.33. The molecule has 0 aliphatic carbocycles. The molecule has 1 aromatic carbocycles. The molecule has 1 aliphatic rings. The Morgan fingerprint density at radius 1 is 1.03 bits per heavy atom. The van der Waals surface area contributed by atoms with E-state index in [0.29, 0.717) is 42.8 Å². The van der Waals surface area contributed by atoms with Crippen LogP contribution in [0.3, 0.4) is 0 Å². The van der Waals surface area contributed by atoms with Gasteiger partial charge in [-0.2, -0.15) is 18.3 Å². The summed E-state index contributed by atoms with van der Waals surface area (Å²) in [6, 6.07) is 10.8. The Kier molecular flexibility index (Phi) is 5.56. The first kappa shape index (κ1) is 22.1. The molecule has 11 heteroatoms. The number of piperazine rings is 1. The molecule has 176 valence electrons. The molecule has 3 aromatic heterocycles. The van der Waals surface area contributed by atoms with Crippen molar-refractivity contribution in [1.82, 2.24) is 24.4 Å². The van der Waals surface area contributed by atoms with E-state index in [0.717, 1.165) is 24.0 Å². The average Bonchev–Trinajstić information content (AvgIpc) is 3.48. The van der Waals surface area contributed by atoms with Gasteiger partial charge in [-0.05, 0) is 42.5 Å². The van der Waals surface area contributed by atoms with Crippen molar-refractivity contribution in [1.29, 1.82) is 0 Å². The van der Waals surface area contributed by atoms with Gasteiger partial charge in [-0.1, -0.05) is 0 Å². The minimum absolute atomic E-state index is 0.00487. The van der Waals surface area contributed by atoms with Crippen LogP contribution in [-0.4, -0.2) is 56.5 Å². The highest BCUT2D eigenvalue weighted by Gasteiger charge is 2.36. The third kappa shape index (κ3) is 4.38. The minimum atomic E-state index is -4.74. The molecular formula is C23H19F4N5O2. The summed E-state index contributed by atoms with van der Waals surface area (Å²) in [7, 11) is 0. The van der Waals surface area contributed by atoms with Gasteiger partial charge in [0.2, 0.25) is 0 Å². The summed E-state index contributed by atoms with van der Waals surface area (Å²) in [5.41, 5.74) is -0.983. The lowest BCUT2D eigenvalue weighted by Crippen LogP contribution is -2.48. The predicted molar refractivity (Wildman–Crippen MR) is 113 cm³/mol. The third-order valence-corrected chi connectivity index (χ3v) is 5.70. The number of hydrogen-bond donors (Lipinski definition) is 0. The van der Waals surface area contributed by atoms with Gasteiger partial charge in [0.1, 0.15) is 11.6 Å². The number of halogens is 4. The van der Waals surface area contributed by atoms with E-state index in [4.69, 9.17) is 4.42 Å². The summed E-state index contributed by atoms with van der Waals surface area (Å²) >= 11 is 0. The highest BCUT2D eigenvalue weighted by atomic mass is 19.4. The normalized spacial score (nSPS) is 15.2. The SMILES string of the molecule is O=C(c1cc2nc(-c3ccc(F)cc3)cc(C(F)(F)F)n2n1)N1CCN(Cc2ccco2)CC1. The van der Waals surface area contributed by atoms with Gasteiger partial charge < -0.3 is 9.32 Å². The van der Waals surface area contributed by atoms with Crippen LogP contribution in [0.1, 0.15) is 21.9 Å². The maximum atomic E-state index is 13.8. The van der Waals surface area contributed by atoms with Gasteiger partial charge >= 0.3 is 6.18 Å². The molecule has 0 bridgehead atoms. The van der Waals surface area contributed by atoms with Crippen LogP contribution in [0.5, 0.6) is 0 Å². The molecule has 1 fully saturated rings. The number of furan rings is 1. The molecule has 0 atom stereocenters. The van der Waals surface area contributed by atoms with Gasteiger partial charge in [0.05, 0.1) is 18.5 Å². The molecular weight excluding hydrogens is 454 g/mol. The van der Waals surface area contributed by atoms with Crippen molar-refractivity contribution in [3.05, 3.63) is 77.8 Å². The number of amides is 1. The van der Waals surface area contributed by atoms with E-state index in [9.17, 15) is 22.4 Å². The molecule has 4 heterocycles. The second-order valence-electron chi connectivity index (χ2n) is 7.98. The van der Waals surface area contributed by atoms with Crippen LogP contribution >= 0.6 is 0 Å². The van der Waals surface area contributed by atoms with E-state index in [2.05, 4.69) is 15.0 Å². The lowest BCUT2D eigenvalue weighted by atomic mass is 10.1. The number of hydrogen-bond acceptors (Lipinski definition) is 5. The molecule has 5 rings (SSSR count). The molecule has 7 nitrogen and oxygen atoms in total. The molecule has 4 aromatic rings. The molecule has 34 heavy (non-hydrogen) atoms. The van der Waals surface area contributed by atoms with Crippen molar-refractivity contribution >= 4 is 11.6 Å². The summed E-state index contributed by atoms with van der Waals surface area (Å²) in [6.45, 7) is 2.64. The van der Waals surface area contributed by atoms with Crippen LogP contribution in [0.2, 0.25) is 0 Å². The highest BCUT2D eigenvalue weighted by molar-refractivity contribution is 5.93. The van der Waals surface area contributed by atoms with Crippen molar-refractivity contribution in [2.45, 2.75) is 12.7 Å². The molecule has 1 aliphatic heterocycles. The summed E-state index contributed by atoms with van der Waals surface area (Å²) in [5, 5.41) is 3.94. The largest absolute Gasteiger partial charge is 0.468 e. The zero-order valence-corrected chi connectivity index (χ0v) is 17.8. The van der Waals surface area contributed by atoms with Gasteiger partial charge in [0, 0.05) is 37.8 Å². The maximum Gasteiger partial charge on any atom is 0.433 e. The van der Waals surface area contributed by atoms with Crippen LogP contribution in [-0.2, 0) is 12.7 Å². The monoisotopic (exact) mass is 473 g/mol. The van der Waals surface area contributed by atoms with E-state index in [1.807, 2.05) is 12.1 Å². The van der Waals surface area contributed by atoms with Crippen LogP contribution in [0.4, 0.5) is 17.6 Å². The Bertz CT molecular complexity index is 1310. The van der Waals surface area contributed by atoms with E-state index < -0.39 is 23.6 Å². The molecule has 0 unspecified atom stereocenters. The molecule has 0 N–H and O–H groups in total. The summed E-state index contributed by atoms with van der Waals surface area (Å²) < 4.78 is 60.6. The fraction of sp³-hybridized carbons (Fsp3) is 0.261. The van der Waals surface area contributed by atoms with Crippen LogP contribution in [0.15, 0.2) is 59.2 Å². The minimum Gasteiger partial charge on any atom is -0.468 e. The first-order valence-corrected chi connectivity index (χ1v) is 10.6. The van der Waals surface area contributed by atoms with E-state index >= 15 is 0 Å². The Balaban J connectivity index is 1.40. The van der Waals surface area contributed by atoms with Gasteiger partial charge in [0.15, 0.2) is 17.0 Å². The second-order valence-corrected chi connectivity index (χ2v) is 7.98. The molecule has 0 spiro atoms. The van der Waals surface area contributed by atoms with Crippen molar-refractivity contribution in [2.75, 3.05) is 26.2 Å². The fourth-order valence-electron chi connectivity index (χ4n) is 3.94. The zero-order chi connectivity index (χ0) is 23.9. The lowest BCUT2D eigenvalue weighted by molar-refractivity contribution is -0.142. The first-order chi connectivity index (χ1) is 16.3. The van der Waals surface area contributed by atoms with E-state index in [-0.39, 0.29) is 17.0 Å². The zero-order valence-electron chi connectivity index (χ0n) is 17.8. The average molecular weight is 473 g/mol. The highest BCUT2D eigenvalue weighted by Crippen LogP contribution is 2.32. The number of benzene rings is 1. The van der Waals surface area contributed by atoms with Crippen molar-refractivity contribution in [2.24, 2.45) is 0 Å². The number of fused-ring (bicyclic) bond motifs is 1. The standard InChI is InChI=1S/C23H19F4N5O2/c24-16-5-3-15(4-6-16)18-12-20(23(25,26)27)32-21(28-18)13-19(29-32)22(33)31-9-7-30(8-10-31)14-17-2-1-11-34-17/h1-6,11-13H,7-10,14H2. The number of carbonyl (C=O) groups is 1. The number of alkyl halides is 3. The van der Waals surface area contributed by atoms with E-state index in [1.165, 1.54) is 18.2 Å². The van der Waals surface area contributed by atoms with Gasteiger partial charge in [-0.25, -0.2) is 13.9 Å². The number of aromatic nitrogens is 3. The van der Waals surface area contributed by atoms with Gasteiger partial charge in [-0.3, -0.25) is 9.69 Å². The smallest absolute Gasteiger partial charge is 0.433 e. The van der Waals surface area contributed by atoms with Crippen molar-refractivity contribution < 1.29 is 26.8 Å². The Morgan fingerprint density at radius 2 is 1.76 bits per heavy atom. The van der Waals surface area contributed by atoms with Crippen LogP contribution in [0.25, 0.3) is 16.9 Å². The summed E-state index contributed by atoms with van der Waals surface area (Å²) in [6.07, 6.45) is -3.14. The Morgan fingerprint density at radius 3 is 2.41 bits per heavy atom. The number of carbonyl (C=O) groups excluding carboxylic acids is 1. The molecule has 1 amide bonds. The third-order valence-electron chi connectivity index (χ3n) is 5.70. The second kappa shape index (κ2) is 8.56. The Hall–Kier alpha value is -3.73. The predicted octanol–water partition coefficient (Wildman–Crippen LogP) is 4.11. The topological polar surface area (TPSA) is 66.9 Å². The van der Waals surface area contributed by atoms with Gasteiger partial charge in [-0.15, -0.1) is 0 Å². The van der Waals surface area contributed by atoms with Crippen LogP contribution in [0, 0.1) is 5.82 Å². The Labute approximate surface area is 191 Å². The molecule has 0 saturated carbocycles. The summed E-state index contributed by atoms with van der Waals surface area (Å²) in [4.78, 5) is 20.9. The summed E-state index contributed by atoms with van der Waals surface area (Å²) in [5.74, 6) is -0.148.